The Bertz CT molecular complexity index is 164. The van der Waals surface area contributed by atoms with Gasteiger partial charge in [0.2, 0.25) is 6.08 Å². The number of hydrogen-bond acceptors (Lipinski definition) is 4. The summed E-state index contributed by atoms with van der Waals surface area (Å²) in [5, 5.41) is 0. The van der Waals surface area contributed by atoms with Crippen LogP contribution in [-0.2, 0) is 13.6 Å². The molecule has 0 aromatic heterocycles. The molecule has 0 rings (SSSR count). The van der Waals surface area contributed by atoms with E-state index in [1.165, 1.54) is 6.08 Å². The lowest BCUT2D eigenvalue weighted by atomic mass is 10.5. The second-order valence-corrected chi connectivity index (χ2v) is 6.20. The SMILES string of the molecule is CO[Si](C)(CCCN=C=O)OC. The van der Waals surface area contributed by atoms with Crippen molar-refractivity contribution in [2.45, 2.75) is 19.0 Å². The van der Waals surface area contributed by atoms with Crippen LogP contribution in [-0.4, -0.2) is 35.4 Å². The van der Waals surface area contributed by atoms with Gasteiger partial charge in [-0.25, -0.2) is 9.79 Å². The molecule has 0 spiro atoms. The highest BCUT2D eigenvalue weighted by Gasteiger charge is 2.27. The zero-order valence-electron chi connectivity index (χ0n) is 7.79. The van der Waals surface area contributed by atoms with Gasteiger partial charge < -0.3 is 8.85 Å². The van der Waals surface area contributed by atoms with Crippen LogP contribution < -0.4 is 0 Å². The van der Waals surface area contributed by atoms with Crippen molar-refractivity contribution >= 4 is 14.6 Å². The molecule has 0 radical (unpaired) electrons. The van der Waals surface area contributed by atoms with Gasteiger partial charge in [0, 0.05) is 14.2 Å². The van der Waals surface area contributed by atoms with Gasteiger partial charge >= 0.3 is 8.56 Å². The van der Waals surface area contributed by atoms with Crippen LogP contribution >= 0.6 is 0 Å². The molecule has 0 aliphatic heterocycles. The number of isocyanates is 1. The lowest BCUT2D eigenvalue weighted by Crippen LogP contribution is -2.35. The van der Waals surface area contributed by atoms with Gasteiger partial charge in [0.25, 0.3) is 0 Å². The molecule has 0 fully saturated rings. The summed E-state index contributed by atoms with van der Waals surface area (Å²) in [6.07, 6.45) is 2.32. The molecule has 0 amide bonds. The van der Waals surface area contributed by atoms with Gasteiger partial charge in [-0.2, -0.15) is 0 Å². The average Bonchev–Trinajstić information content (AvgIpc) is 2.12. The molecule has 0 N–H and O–H groups in total. The molecule has 0 saturated heterocycles. The van der Waals surface area contributed by atoms with Crippen molar-refractivity contribution < 1.29 is 13.6 Å². The lowest BCUT2D eigenvalue weighted by Gasteiger charge is -2.21. The van der Waals surface area contributed by atoms with E-state index in [2.05, 4.69) is 4.99 Å². The van der Waals surface area contributed by atoms with E-state index in [-0.39, 0.29) is 0 Å². The van der Waals surface area contributed by atoms with Crippen molar-refractivity contribution in [3.8, 4) is 0 Å². The van der Waals surface area contributed by atoms with Gasteiger partial charge in [0.1, 0.15) is 0 Å². The zero-order valence-corrected chi connectivity index (χ0v) is 8.79. The van der Waals surface area contributed by atoms with Crippen LogP contribution in [0, 0.1) is 0 Å². The van der Waals surface area contributed by atoms with Gasteiger partial charge in [-0.15, -0.1) is 0 Å². The van der Waals surface area contributed by atoms with Crippen molar-refractivity contribution in [2.75, 3.05) is 20.8 Å². The van der Waals surface area contributed by atoms with Crippen LogP contribution in [0.25, 0.3) is 0 Å². The molecule has 4 nitrogen and oxygen atoms in total. The number of aliphatic imine (C=N–C) groups is 1. The largest absolute Gasteiger partial charge is 0.398 e. The topological polar surface area (TPSA) is 47.9 Å². The minimum atomic E-state index is -1.94. The second kappa shape index (κ2) is 6.08. The molecule has 0 aromatic rings. The number of rotatable bonds is 6. The van der Waals surface area contributed by atoms with Crippen LogP contribution in [0.4, 0.5) is 0 Å². The molecule has 0 atom stereocenters. The van der Waals surface area contributed by atoms with Crippen LogP contribution in [0.2, 0.25) is 12.6 Å². The first-order valence-corrected chi connectivity index (χ1v) is 6.35. The summed E-state index contributed by atoms with van der Waals surface area (Å²) in [6, 6.07) is 0.852. The summed E-state index contributed by atoms with van der Waals surface area (Å²) in [6.45, 7) is 2.50. The fraction of sp³-hybridized carbons (Fsp3) is 0.857. The van der Waals surface area contributed by atoms with E-state index in [1.807, 2.05) is 6.55 Å². The average molecular weight is 189 g/mol. The third-order valence-electron chi connectivity index (χ3n) is 1.83. The smallest absolute Gasteiger partial charge is 0.334 e. The monoisotopic (exact) mass is 189 g/mol. The van der Waals surface area contributed by atoms with Gasteiger partial charge in [0.15, 0.2) is 0 Å². The summed E-state index contributed by atoms with van der Waals surface area (Å²) < 4.78 is 10.5. The molecule has 0 aliphatic carbocycles. The Balaban J connectivity index is 3.65. The van der Waals surface area contributed by atoms with Crippen molar-refractivity contribution in [2.24, 2.45) is 4.99 Å². The molecule has 0 saturated carbocycles. The quantitative estimate of drug-likeness (QED) is 0.272. The maximum absolute atomic E-state index is 9.73. The predicted octanol–water partition coefficient (Wildman–Crippen LogP) is 1.08. The molecule has 12 heavy (non-hydrogen) atoms. The second-order valence-electron chi connectivity index (χ2n) is 2.62. The van der Waals surface area contributed by atoms with E-state index in [4.69, 9.17) is 8.85 Å². The Morgan fingerprint density at radius 3 is 2.42 bits per heavy atom. The molecule has 70 valence electrons. The first-order chi connectivity index (χ1) is 5.68. The van der Waals surface area contributed by atoms with Gasteiger partial charge in [-0.05, 0) is 19.0 Å². The van der Waals surface area contributed by atoms with Crippen LogP contribution in [0.3, 0.4) is 0 Å². The lowest BCUT2D eigenvalue weighted by molar-refractivity contribution is 0.249. The Morgan fingerprint density at radius 1 is 1.42 bits per heavy atom. The van der Waals surface area contributed by atoms with Crippen molar-refractivity contribution in [1.82, 2.24) is 0 Å². The fourth-order valence-corrected chi connectivity index (χ4v) is 2.19. The molecule has 0 unspecified atom stereocenters. The standard InChI is InChI=1S/C7H15NO3Si/c1-10-12(3,11-2)6-4-5-8-7-9/h4-6H2,1-3H3. The third-order valence-corrected chi connectivity index (χ3v) is 4.82. The number of hydrogen-bond donors (Lipinski definition) is 0. The molecule has 0 bridgehead atoms. The molecule has 5 heteroatoms. The number of nitrogens with zero attached hydrogens (tertiary/aromatic N) is 1. The van der Waals surface area contributed by atoms with Gasteiger partial charge in [-0.1, -0.05) is 0 Å². The summed E-state index contributed by atoms with van der Waals surface area (Å²) in [4.78, 5) is 13.2. The highest BCUT2D eigenvalue weighted by Crippen LogP contribution is 2.13. The van der Waals surface area contributed by atoms with E-state index >= 15 is 0 Å². The van der Waals surface area contributed by atoms with E-state index in [0.717, 1.165) is 12.5 Å². The van der Waals surface area contributed by atoms with Crippen LogP contribution in [0.1, 0.15) is 6.42 Å². The first kappa shape index (κ1) is 11.5. The van der Waals surface area contributed by atoms with Gasteiger partial charge in [-0.3, -0.25) is 0 Å². The number of carbonyl (C=O) groups excluding carboxylic acids is 1. The Labute approximate surface area is 73.8 Å². The summed E-state index contributed by atoms with van der Waals surface area (Å²) in [5.74, 6) is 0. The summed E-state index contributed by atoms with van der Waals surface area (Å²) >= 11 is 0. The fourth-order valence-electron chi connectivity index (χ4n) is 0.812. The highest BCUT2D eigenvalue weighted by molar-refractivity contribution is 6.65. The molecule has 0 aromatic carbocycles. The minimum absolute atomic E-state index is 0.513. The normalized spacial score (nSPS) is 10.9. The summed E-state index contributed by atoms with van der Waals surface area (Å²) in [7, 11) is 1.37. The van der Waals surface area contributed by atoms with Crippen LogP contribution in [0.5, 0.6) is 0 Å². The maximum atomic E-state index is 9.73. The third kappa shape index (κ3) is 4.41. The molecule has 0 aliphatic rings. The first-order valence-electron chi connectivity index (χ1n) is 3.82. The van der Waals surface area contributed by atoms with Crippen molar-refractivity contribution in [1.29, 1.82) is 0 Å². The van der Waals surface area contributed by atoms with E-state index in [9.17, 15) is 4.79 Å². The van der Waals surface area contributed by atoms with Crippen molar-refractivity contribution in [3.05, 3.63) is 0 Å². The predicted molar refractivity (Wildman–Crippen MR) is 48.0 cm³/mol. The van der Waals surface area contributed by atoms with Crippen LogP contribution in [0.15, 0.2) is 4.99 Å². The Hall–Kier alpha value is -0.483. The zero-order chi connectivity index (χ0) is 9.45. The van der Waals surface area contributed by atoms with E-state index in [0.29, 0.717) is 6.54 Å². The molecular formula is C7H15NO3Si. The van der Waals surface area contributed by atoms with Gasteiger partial charge in [0.05, 0.1) is 6.54 Å². The molecule has 0 heterocycles. The van der Waals surface area contributed by atoms with E-state index < -0.39 is 8.56 Å². The maximum Gasteiger partial charge on any atom is 0.334 e. The minimum Gasteiger partial charge on any atom is -0.398 e. The summed E-state index contributed by atoms with van der Waals surface area (Å²) in [5.41, 5.74) is 0. The highest BCUT2D eigenvalue weighted by atomic mass is 28.4. The Morgan fingerprint density at radius 2 is 2.00 bits per heavy atom. The van der Waals surface area contributed by atoms with Crippen molar-refractivity contribution in [3.63, 3.8) is 0 Å². The molecular weight excluding hydrogens is 174 g/mol. The van der Waals surface area contributed by atoms with E-state index in [1.54, 1.807) is 14.2 Å². The Kier molecular flexibility index (Phi) is 5.83.